The van der Waals surface area contributed by atoms with Gasteiger partial charge in [0, 0.05) is 22.3 Å². The minimum absolute atomic E-state index is 0.445. The fraction of sp³-hybridized carbons (Fsp3) is 1.00. The van der Waals surface area contributed by atoms with Crippen LogP contribution in [0.25, 0.3) is 0 Å². The van der Waals surface area contributed by atoms with Crippen LogP contribution in [-0.4, -0.2) is 15.7 Å². The normalized spacial score (nSPS) is 15.1. The summed E-state index contributed by atoms with van der Waals surface area (Å²) in [5.74, 6) is 0. The second kappa shape index (κ2) is 10.7. The number of hydrogen-bond acceptors (Lipinski definition) is 1. The second-order valence-corrected chi connectivity index (χ2v) is 6.10. The van der Waals surface area contributed by atoms with Crippen molar-refractivity contribution in [1.29, 1.82) is 0 Å². The summed E-state index contributed by atoms with van der Waals surface area (Å²) in [5.41, 5.74) is 0. The van der Waals surface area contributed by atoms with Crippen LogP contribution in [0.15, 0.2) is 0 Å². The Morgan fingerprint density at radius 1 is 0.933 bits per heavy atom. The van der Waals surface area contributed by atoms with Gasteiger partial charge in [-0.1, -0.05) is 58.8 Å². The molecule has 0 spiro atoms. The molecule has 0 aliphatic heterocycles. The molecule has 0 fully saturated rings. The minimum atomic E-state index is -0.614. The van der Waals surface area contributed by atoms with Crippen LogP contribution in [0.4, 0.5) is 0 Å². The van der Waals surface area contributed by atoms with Crippen LogP contribution < -0.4 is 0 Å². The topological polar surface area (TPSA) is 17.1 Å². The first-order valence-corrected chi connectivity index (χ1v) is 8.16. The predicted octanol–water partition coefficient (Wildman–Crippen LogP) is 4.28. The molecule has 0 saturated carbocycles. The van der Waals surface area contributed by atoms with Crippen molar-refractivity contribution in [3.05, 3.63) is 0 Å². The first-order chi connectivity index (χ1) is 7.22. The Bertz CT molecular complexity index is 157. The molecule has 0 bridgehead atoms. The highest BCUT2D eigenvalue weighted by Crippen LogP contribution is 2.13. The molecule has 15 heavy (non-hydrogen) atoms. The molecule has 0 amide bonds. The zero-order chi connectivity index (χ0) is 11.5. The van der Waals surface area contributed by atoms with Crippen molar-refractivity contribution in [3.8, 4) is 0 Å². The van der Waals surface area contributed by atoms with Gasteiger partial charge in [-0.2, -0.15) is 0 Å². The third-order valence-electron chi connectivity index (χ3n) is 3.05. The van der Waals surface area contributed by atoms with Gasteiger partial charge in [0.15, 0.2) is 0 Å². The van der Waals surface area contributed by atoms with E-state index >= 15 is 0 Å². The number of hydrogen-bond donors (Lipinski definition) is 0. The fourth-order valence-corrected chi connectivity index (χ4v) is 2.90. The van der Waals surface area contributed by atoms with Crippen LogP contribution in [0.1, 0.15) is 71.6 Å². The Labute approximate surface area is 98.5 Å². The molecule has 0 radical (unpaired) electrons. The average molecular weight is 232 g/mol. The molecule has 0 N–H and O–H groups in total. The molecule has 0 aliphatic rings. The van der Waals surface area contributed by atoms with Crippen LogP contribution in [0.5, 0.6) is 0 Å². The van der Waals surface area contributed by atoms with E-state index in [2.05, 4.69) is 13.8 Å². The molecule has 2 atom stereocenters. The Hall–Kier alpha value is 0.150. The number of rotatable bonds is 10. The zero-order valence-corrected chi connectivity index (χ0v) is 11.6. The van der Waals surface area contributed by atoms with Crippen LogP contribution >= 0.6 is 0 Å². The Morgan fingerprint density at radius 3 is 1.93 bits per heavy atom. The van der Waals surface area contributed by atoms with Gasteiger partial charge in [0.05, 0.1) is 0 Å². The zero-order valence-electron chi connectivity index (χ0n) is 10.8. The third kappa shape index (κ3) is 9.10. The van der Waals surface area contributed by atoms with Gasteiger partial charge in [0.1, 0.15) is 0 Å². The summed E-state index contributed by atoms with van der Waals surface area (Å²) in [6.45, 7) is 4.40. The minimum Gasteiger partial charge on any atom is -0.260 e. The van der Waals surface area contributed by atoms with Crippen LogP contribution in [0, 0.1) is 0 Å². The van der Waals surface area contributed by atoms with Crippen molar-refractivity contribution < 1.29 is 4.21 Å². The Balaban J connectivity index is 3.25. The maximum atomic E-state index is 11.3. The summed E-state index contributed by atoms with van der Waals surface area (Å²) < 4.78 is 11.3. The molecule has 0 saturated heterocycles. The molecule has 0 aromatic rings. The Kier molecular flexibility index (Phi) is 10.8. The van der Waals surface area contributed by atoms with E-state index in [4.69, 9.17) is 0 Å². The van der Waals surface area contributed by atoms with Crippen molar-refractivity contribution in [2.45, 2.75) is 76.9 Å². The van der Waals surface area contributed by atoms with Gasteiger partial charge in [-0.15, -0.1) is 0 Å². The molecule has 0 heterocycles. The van der Waals surface area contributed by atoms with E-state index < -0.39 is 10.8 Å². The fourth-order valence-electron chi connectivity index (χ4n) is 1.93. The summed E-state index contributed by atoms with van der Waals surface area (Å²) >= 11 is 0. The highest BCUT2D eigenvalue weighted by Gasteiger charge is 2.08. The lowest BCUT2D eigenvalue weighted by Crippen LogP contribution is -2.12. The summed E-state index contributed by atoms with van der Waals surface area (Å²) in [5, 5.41) is 0.445. The van der Waals surface area contributed by atoms with Gasteiger partial charge in [0.25, 0.3) is 0 Å². The van der Waals surface area contributed by atoms with Crippen molar-refractivity contribution in [2.75, 3.05) is 6.26 Å². The SMILES string of the molecule is CCCCCCCCCC(CC)S(C)=O. The number of unbranched alkanes of at least 4 members (excludes halogenated alkanes) is 6. The first-order valence-electron chi connectivity index (χ1n) is 6.54. The quantitative estimate of drug-likeness (QED) is 0.514. The van der Waals surface area contributed by atoms with Crippen molar-refractivity contribution >= 4 is 10.8 Å². The van der Waals surface area contributed by atoms with Gasteiger partial charge in [-0.25, -0.2) is 0 Å². The van der Waals surface area contributed by atoms with E-state index in [1.165, 1.54) is 44.9 Å². The highest BCUT2D eigenvalue weighted by atomic mass is 32.2. The summed E-state index contributed by atoms with van der Waals surface area (Å²) in [6.07, 6.45) is 13.5. The van der Waals surface area contributed by atoms with Gasteiger partial charge in [0.2, 0.25) is 0 Å². The summed E-state index contributed by atoms with van der Waals surface area (Å²) in [6, 6.07) is 0. The third-order valence-corrected chi connectivity index (χ3v) is 4.56. The van der Waals surface area contributed by atoms with E-state index in [0.717, 1.165) is 12.8 Å². The second-order valence-electron chi connectivity index (χ2n) is 4.44. The van der Waals surface area contributed by atoms with E-state index in [-0.39, 0.29) is 0 Å². The van der Waals surface area contributed by atoms with Crippen LogP contribution in [0.3, 0.4) is 0 Å². The van der Waals surface area contributed by atoms with Crippen LogP contribution in [0.2, 0.25) is 0 Å². The van der Waals surface area contributed by atoms with E-state index in [1.54, 1.807) is 0 Å². The lowest BCUT2D eigenvalue weighted by atomic mass is 10.1. The lowest BCUT2D eigenvalue weighted by Gasteiger charge is -2.10. The van der Waals surface area contributed by atoms with Crippen molar-refractivity contribution in [1.82, 2.24) is 0 Å². The van der Waals surface area contributed by atoms with Gasteiger partial charge < -0.3 is 0 Å². The molecule has 0 aliphatic carbocycles. The molecule has 0 aromatic carbocycles. The lowest BCUT2D eigenvalue weighted by molar-refractivity contribution is 0.561. The van der Waals surface area contributed by atoms with Gasteiger partial charge >= 0.3 is 0 Å². The van der Waals surface area contributed by atoms with E-state index in [0.29, 0.717) is 5.25 Å². The first kappa shape index (κ1) is 15.2. The van der Waals surface area contributed by atoms with Gasteiger partial charge in [-0.05, 0) is 12.8 Å². The Morgan fingerprint density at radius 2 is 1.47 bits per heavy atom. The molecule has 1 nitrogen and oxygen atoms in total. The van der Waals surface area contributed by atoms with Crippen molar-refractivity contribution in [3.63, 3.8) is 0 Å². The van der Waals surface area contributed by atoms with Crippen molar-refractivity contribution in [2.24, 2.45) is 0 Å². The van der Waals surface area contributed by atoms with Crippen LogP contribution in [-0.2, 0) is 10.8 Å². The summed E-state index contributed by atoms with van der Waals surface area (Å²) in [4.78, 5) is 0. The highest BCUT2D eigenvalue weighted by molar-refractivity contribution is 7.84. The summed E-state index contributed by atoms with van der Waals surface area (Å²) in [7, 11) is -0.614. The monoisotopic (exact) mass is 232 g/mol. The molecule has 0 aromatic heterocycles. The smallest absolute Gasteiger partial charge is 0.0342 e. The molecule has 2 heteroatoms. The predicted molar refractivity (Wildman–Crippen MR) is 70.8 cm³/mol. The maximum absolute atomic E-state index is 11.3. The molecule has 2 unspecified atom stereocenters. The maximum Gasteiger partial charge on any atom is 0.0342 e. The molecule has 0 rings (SSSR count). The standard InChI is InChI=1S/C13H28OS/c1-4-6-7-8-9-10-11-12-13(5-2)15(3)14/h13H,4-12H2,1-3H3. The van der Waals surface area contributed by atoms with E-state index in [1.807, 2.05) is 6.26 Å². The molecule has 92 valence electrons. The largest absolute Gasteiger partial charge is 0.260 e. The molecular weight excluding hydrogens is 204 g/mol. The average Bonchev–Trinajstić information content (AvgIpc) is 2.21. The van der Waals surface area contributed by atoms with E-state index in [9.17, 15) is 4.21 Å². The molecular formula is C13H28OS. The van der Waals surface area contributed by atoms with Gasteiger partial charge in [-0.3, -0.25) is 4.21 Å².